The average molecular weight is 294 g/mol. The quantitative estimate of drug-likeness (QED) is 0.701. The largest absolute Gasteiger partial charge is 0.481 e. The highest BCUT2D eigenvalue weighted by Crippen LogP contribution is 2.35. The molecule has 0 aliphatic carbocycles. The monoisotopic (exact) mass is 294 g/mol. The van der Waals surface area contributed by atoms with Crippen LogP contribution in [0.3, 0.4) is 0 Å². The van der Waals surface area contributed by atoms with Crippen LogP contribution in [-0.2, 0) is 11.2 Å². The summed E-state index contributed by atoms with van der Waals surface area (Å²) in [5.74, 6) is -2.09. The molecular weight excluding hydrogens is 272 g/mol. The number of rotatable bonds is 6. The minimum absolute atomic E-state index is 0.162. The summed E-state index contributed by atoms with van der Waals surface area (Å²) in [7, 11) is 0. The molecule has 0 spiro atoms. The molecule has 21 heavy (non-hydrogen) atoms. The molecule has 0 bridgehead atoms. The second-order valence-electron chi connectivity index (χ2n) is 5.60. The number of aliphatic carboxylic acids is 1. The summed E-state index contributed by atoms with van der Waals surface area (Å²) in [6, 6.07) is 5.84. The molecular formula is C16H22O5. The van der Waals surface area contributed by atoms with Crippen molar-refractivity contribution in [3.05, 3.63) is 29.3 Å². The first-order valence-corrected chi connectivity index (χ1v) is 7.39. The average Bonchev–Trinajstić information content (AvgIpc) is 2.41. The smallest absolute Gasteiger partial charge is 0.322 e. The number of hydrogen-bond donors (Lipinski definition) is 3. The molecule has 116 valence electrons. The summed E-state index contributed by atoms with van der Waals surface area (Å²) < 4.78 is 5.21. The highest BCUT2D eigenvalue weighted by molar-refractivity contribution is 5.66. The van der Waals surface area contributed by atoms with Crippen molar-refractivity contribution in [2.24, 2.45) is 0 Å². The Morgan fingerprint density at radius 2 is 2.19 bits per heavy atom. The van der Waals surface area contributed by atoms with Gasteiger partial charge in [0.2, 0.25) is 0 Å². The van der Waals surface area contributed by atoms with E-state index in [1.54, 1.807) is 0 Å². The SMILES string of the molecule is CCC(CCCC(=O)O)c1ccc2c(c1)OC(O)(O)CC2. The number of ether oxygens (including phenoxy) is 1. The topological polar surface area (TPSA) is 87.0 Å². The summed E-state index contributed by atoms with van der Waals surface area (Å²) in [6.45, 7) is 2.06. The van der Waals surface area contributed by atoms with Gasteiger partial charge in [-0.05, 0) is 48.8 Å². The van der Waals surface area contributed by atoms with Crippen LogP contribution in [0.25, 0.3) is 0 Å². The Morgan fingerprint density at radius 1 is 1.43 bits per heavy atom. The van der Waals surface area contributed by atoms with Crippen molar-refractivity contribution in [3.8, 4) is 5.75 Å². The number of benzene rings is 1. The number of carboxylic acid groups (broad SMARTS) is 1. The molecule has 1 heterocycles. The van der Waals surface area contributed by atoms with Crippen LogP contribution in [0.2, 0.25) is 0 Å². The number of hydrogen-bond acceptors (Lipinski definition) is 4. The van der Waals surface area contributed by atoms with E-state index in [-0.39, 0.29) is 18.8 Å². The maximum atomic E-state index is 10.6. The standard InChI is InChI=1S/C16H22O5/c1-2-11(4-3-5-15(17)18)13-7-6-12-8-9-16(19,20)21-14(12)10-13/h6-7,10-11,19-20H,2-5,8-9H2,1H3,(H,17,18). The normalized spacial score (nSPS) is 17.7. The predicted molar refractivity (Wildman–Crippen MR) is 77.1 cm³/mol. The van der Waals surface area contributed by atoms with Crippen molar-refractivity contribution >= 4 is 5.97 Å². The van der Waals surface area contributed by atoms with Crippen LogP contribution in [-0.4, -0.2) is 27.3 Å². The zero-order chi connectivity index (χ0) is 15.5. The molecule has 0 aromatic heterocycles. The molecule has 1 aromatic rings. The van der Waals surface area contributed by atoms with Crippen LogP contribution >= 0.6 is 0 Å². The van der Waals surface area contributed by atoms with Crippen molar-refractivity contribution in [2.75, 3.05) is 0 Å². The van der Waals surface area contributed by atoms with E-state index in [4.69, 9.17) is 9.84 Å². The summed E-state index contributed by atoms with van der Waals surface area (Å²) >= 11 is 0. The third-order valence-electron chi connectivity index (χ3n) is 3.99. The predicted octanol–water partition coefficient (Wildman–Crippen LogP) is 2.40. The molecule has 5 nitrogen and oxygen atoms in total. The van der Waals surface area contributed by atoms with E-state index in [2.05, 4.69) is 6.92 Å². The first-order chi connectivity index (χ1) is 9.91. The number of carbonyl (C=O) groups is 1. The second-order valence-corrected chi connectivity index (χ2v) is 5.60. The van der Waals surface area contributed by atoms with Gasteiger partial charge in [-0.15, -0.1) is 0 Å². The fraction of sp³-hybridized carbons (Fsp3) is 0.562. The number of aliphatic hydroxyl groups is 2. The van der Waals surface area contributed by atoms with Crippen LogP contribution in [0.1, 0.15) is 56.1 Å². The van der Waals surface area contributed by atoms with Gasteiger partial charge in [0, 0.05) is 12.8 Å². The van der Waals surface area contributed by atoms with Crippen molar-refractivity contribution in [3.63, 3.8) is 0 Å². The van der Waals surface area contributed by atoms with Crippen LogP contribution in [0, 0.1) is 0 Å². The van der Waals surface area contributed by atoms with Gasteiger partial charge in [-0.3, -0.25) is 4.79 Å². The molecule has 1 atom stereocenters. The summed E-state index contributed by atoms with van der Waals surface area (Å²) in [4.78, 5) is 10.6. The minimum Gasteiger partial charge on any atom is -0.481 e. The van der Waals surface area contributed by atoms with E-state index in [1.165, 1.54) is 0 Å². The van der Waals surface area contributed by atoms with Gasteiger partial charge < -0.3 is 20.1 Å². The molecule has 0 amide bonds. The van der Waals surface area contributed by atoms with E-state index in [0.717, 1.165) is 24.0 Å². The maximum absolute atomic E-state index is 10.6. The van der Waals surface area contributed by atoms with E-state index in [0.29, 0.717) is 18.6 Å². The van der Waals surface area contributed by atoms with Gasteiger partial charge in [0.1, 0.15) is 5.75 Å². The van der Waals surface area contributed by atoms with E-state index in [1.807, 2.05) is 18.2 Å². The summed E-state index contributed by atoms with van der Waals surface area (Å²) in [5, 5.41) is 27.9. The first-order valence-electron chi connectivity index (χ1n) is 7.39. The molecule has 2 rings (SSSR count). The number of aryl methyl sites for hydroxylation is 1. The van der Waals surface area contributed by atoms with E-state index in [9.17, 15) is 15.0 Å². The Labute approximate surface area is 124 Å². The molecule has 0 radical (unpaired) electrons. The molecule has 0 saturated heterocycles. The zero-order valence-electron chi connectivity index (χ0n) is 12.2. The van der Waals surface area contributed by atoms with E-state index < -0.39 is 11.9 Å². The van der Waals surface area contributed by atoms with Gasteiger partial charge >= 0.3 is 11.9 Å². The van der Waals surface area contributed by atoms with Gasteiger partial charge in [0.25, 0.3) is 0 Å². The van der Waals surface area contributed by atoms with Crippen molar-refractivity contribution in [1.29, 1.82) is 0 Å². The van der Waals surface area contributed by atoms with Gasteiger partial charge in [0.15, 0.2) is 0 Å². The molecule has 1 aliphatic rings. The Morgan fingerprint density at radius 3 is 2.86 bits per heavy atom. The van der Waals surface area contributed by atoms with Crippen molar-refractivity contribution < 1.29 is 24.9 Å². The molecule has 0 saturated carbocycles. The van der Waals surface area contributed by atoms with Gasteiger partial charge in [0.05, 0.1) is 0 Å². The number of fused-ring (bicyclic) bond motifs is 1. The number of carboxylic acids is 1. The van der Waals surface area contributed by atoms with Gasteiger partial charge in [-0.2, -0.15) is 0 Å². The van der Waals surface area contributed by atoms with Gasteiger partial charge in [-0.1, -0.05) is 19.1 Å². The lowest BCUT2D eigenvalue weighted by molar-refractivity contribution is -0.299. The lowest BCUT2D eigenvalue weighted by Crippen LogP contribution is -2.38. The van der Waals surface area contributed by atoms with Crippen LogP contribution in [0.4, 0.5) is 0 Å². The second kappa shape index (κ2) is 6.45. The Bertz CT molecular complexity index is 509. The lowest BCUT2D eigenvalue weighted by atomic mass is 9.89. The molecule has 0 fully saturated rings. The Hall–Kier alpha value is -1.59. The van der Waals surface area contributed by atoms with Gasteiger partial charge in [-0.25, -0.2) is 0 Å². The molecule has 5 heteroatoms. The first kappa shape index (κ1) is 15.8. The third-order valence-corrected chi connectivity index (χ3v) is 3.99. The summed E-state index contributed by atoms with van der Waals surface area (Å²) in [5.41, 5.74) is 2.03. The lowest BCUT2D eigenvalue weighted by Gasteiger charge is -2.29. The molecule has 1 aromatic carbocycles. The molecule has 1 unspecified atom stereocenters. The highest BCUT2D eigenvalue weighted by atomic mass is 16.8. The fourth-order valence-electron chi connectivity index (χ4n) is 2.76. The summed E-state index contributed by atoms with van der Waals surface area (Å²) in [6.07, 6.45) is 3.24. The minimum atomic E-state index is -2.09. The Kier molecular flexibility index (Phi) is 4.85. The molecule has 1 aliphatic heterocycles. The van der Waals surface area contributed by atoms with Crippen LogP contribution in [0.15, 0.2) is 18.2 Å². The third kappa shape index (κ3) is 4.19. The van der Waals surface area contributed by atoms with Crippen LogP contribution in [0.5, 0.6) is 5.75 Å². The Balaban J connectivity index is 2.10. The van der Waals surface area contributed by atoms with Crippen molar-refractivity contribution in [1.82, 2.24) is 0 Å². The fourth-order valence-corrected chi connectivity index (χ4v) is 2.76. The van der Waals surface area contributed by atoms with Crippen molar-refractivity contribution in [2.45, 2.75) is 57.3 Å². The van der Waals surface area contributed by atoms with E-state index >= 15 is 0 Å². The van der Waals surface area contributed by atoms with Crippen LogP contribution < -0.4 is 4.74 Å². The molecule has 3 N–H and O–H groups in total. The highest BCUT2D eigenvalue weighted by Gasteiger charge is 2.31. The zero-order valence-corrected chi connectivity index (χ0v) is 12.2. The maximum Gasteiger partial charge on any atom is 0.322 e.